The molecule has 4 aliphatic rings. The van der Waals surface area contributed by atoms with Gasteiger partial charge in [0.05, 0.1) is 12.0 Å². The molecular weight excluding hydrogens is 554 g/mol. The van der Waals surface area contributed by atoms with E-state index in [0.717, 1.165) is 56.9 Å². The first-order chi connectivity index (χ1) is 21.1. The van der Waals surface area contributed by atoms with Crippen molar-refractivity contribution in [3.8, 4) is 0 Å². The summed E-state index contributed by atoms with van der Waals surface area (Å²) in [4.78, 5) is 41.5. The monoisotopic (exact) mass is 603 g/mol. The summed E-state index contributed by atoms with van der Waals surface area (Å²) in [6.07, 6.45) is 13.5. The van der Waals surface area contributed by atoms with Gasteiger partial charge in [0.2, 0.25) is 11.8 Å². The molecule has 9 nitrogen and oxygen atoms in total. The molecule has 3 aliphatic carbocycles. The first kappa shape index (κ1) is 30.8. The van der Waals surface area contributed by atoms with Crippen LogP contribution >= 0.6 is 0 Å². The van der Waals surface area contributed by atoms with Crippen molar-refractivity contribution in [1.29, 1.82) is 0 Å². The third-order valence-electron chi connectivity index (χ3n) is 11.4. The lowest BCUT2D eigenvalue weighted by Crippen LogP contribution is -2.53. The van der Waals surface area contributed by atoms with Crippen molar-refractivity contribution < 1.29 is 19.1 Å². The number of amides is 3. The summed E-state index contributed by atoms with van der Waals surface area (Å²) in [6.45, 7) is 6.01. The number of nitrogens with zero attached hydrogens (tertiary/aromatic N) is 2. The summed E-state index contributed by atoms with van der Waals surface area (Å²) < 4.78 is 7.34. The molecule has 1 saturated heterocycles. The molecule has 0 spiro atoms. The number of carbonyl (C=O) groups is 3. The van der Waals surface area contributed by atoms with Crippen LogP contribution in [-0.2, 0) is 26.8 Å². The van der Waals surface area contributed by atoms with Crippen LogP contribution in [-0.4, -0.2) is 53.3 Å². The molecule has 2 heterocycles. The molecule has 3 saturated carbocycles. The smallest absolute Gasteiger partial charge is 0.270 e. The second kappa shape index (κ2) is 12.3. The molecule has 2 aromatic rings. The lowest BCUT2D eigenvalue weighted by molar-refractivity contribution is -0.127. The predicted octanol–water partition coefficient (Wildman–Crippen LogP) is 5.12. The first-order valence-corrected chi connectivity index (χ1v) is 16.7. The zero-order chi connectivity index (χ0) is 31.0. The fraction of sp³-hybridized carbons (Fsp3) is 0.657. The first-order valence-electron chi connectivity index (χ1n) is 16.7. The molecule has 1 aromatic carbocycles. The van der Waals surface area contributed by atoms with Crippen molar-refractivity contribution in [3.63, 3.8) is 0 Å². The van der Waals surface area contributed by atoms with Gasteiger partial charge in [0.1, 0.15) is 11.7 Å². The molecule has 44 heavy (non-hydrogen) atoms. The number of rotatable bonds is 11. The van der Waals surface area contributed by atoms with Gasteiger partial charge in [-0.25, -0.2) is 0 Å². The molecule has 3 atom stereocenters. The van der Waals surface area contributed by atoms with Crippen LogP contribution in [0.3, 0.4) is 0 Å². The van der Waals surface area contributed by atoms with Gasteiger partial charge in [-0.15, -0.1) is 0 Å². The third-order valence-corrected chi connectivity index (χ3v) is 11.4. The van der Waals surface area contributed by atoms with Crippen LogP contribution in [0.5, 0.6) is 0 Å². The minimum absolute atomic E-state index is 0.00746. The zero-order valence-corrected chi connectivity index (χ0v) is 26.6. The Hall–Kier alpha value is -3.20. The number of aromatic nitrogens is 2. The number of carbonyl (C=O) groups excluding carboxylic acids is 3. The average molecular weight is 604 g/mol. The number of hydrogen-bond acceptors (Lipinski definition) is 5. The Morgan fingerprint density at radius 1 is 1.02 bits per heavy atom. The molecule has 3 N–H and O–H groups in total. The van der Waals surface area contributed by atoms with E-state index in [0.29, 0.717) is 43.5 Å². The summed E-state index contributed by atoms with van der Waals surface area (Å²) in [6, 6.07) is 8.65. The lowest BCUT2D eigenvalue weighted by Gasteiger charge is -2.40. The molecule has 2 unspecified atom stereocenters. The minimum atomic E-state index is -0.792. The quantitative estimate of drug-likeness (QED) is 0.330. The van der Waals surface area contributed by atoms with E-state index in [1.54, 1.807) is 24.0 Å². The molecule has 3 amide bonds. The largest absolute Gasteiger partial charge is 0.380 e. The number of nitrogens with one attached hydrogen (secondary N) is 3. The molecular formula is C35H49N5O4. The maximum Gasteiger partial charge on any atom is 0.270 e. The van der Waals surface area contributed by atoms with E-state index in [9.17, 15) is 14.4 Å². The van der Waals surface area contributed by atoms with Gasteiger partial charge in [0.15, 0.2) is 0 Å². The number of aryl methyl sites for hydroxylation is 1. The van der Waals surface area contributed by atoms with Gasteiger partial charge in [0, 0.05) is 32.1 Å². The van der Waals surface area contributed by atoms with Crippen LogP contribution in [0.1, 0.15) is 101 Å². The van der Waals surface area contributed by atoms with Crippen LogP contribution in [0, 0.1) is 22.7 Å². The van der Waals surface area contributed by atoms with Crippen molar-refractivity contribution in [2.24, 2.45) is 29.7 Å². The predicted molar refractivity (Wildman–Crippen MR) is 169 cm³/mol. The van der Waals surface area contributed by atoms with Gasteiger partial charge in [0.25, 0.3) is 5.91 Å². The second-order valence-corrected chi connectivity index (χ2v) is 14.7. The Labute approximate surface area is 261 Å². The van der Waals surface area contributed by atoms with Crippen molar-refractivity contribution in [2.75, 3.05) is 25.1 Å². The summed E-state index contributed by atoms with van der Waals surface area (Å²) in [5.74, 6) is -0.0862. The highest BCUT2D eigenvalue weighted by atomic mass is 16.5. The highest BCUT2D eigenvalue weighted by molar-refractivity contribution is 6.01. The molecule has 1 aromatic heterocycles. The van der Waals surface area contributed by atoms with Crippen LogP contribution in [0.4, 0.5) is 5.69 Å². The van der Waals surface area contributed by atoms with Crippen molar-refractivity contribution >= 4 is 23.4 Å². The summed E-state index contributed by atoms with van der Waals surface area (Å²) in [5.41, 5.74) is 1.30. The Kier molecular flexibility index (Phi) is 8.61. The molecule has 0 bridgehead atoms. The van der Waals surface area contributed by atoms with Gasteiger partial charge < -0.3 is 20.7 Å². The van der Waals surface area contributed by atoms with Crippen LogP contribution in [0.2, 0.25) is 0 Å². The molecule has 4 fully saturated rings. The van der Waals surface area contributed by atoms with Gasteiger partial charge >= 0.3 is 0 Å². The second-order valence-electron chi connectivity index (χ2n) is 14.7. The van der Waals surface area contributed by atoms with Gasteiger partial charge in [-0.3, -0.25) is 19.1 Å². The Morgan fingerprint density at radius 2 is 1.80 bits per heavy atom. The lowest BCUT2D eigenvalue weighted by atomic mass is 9.69. The van der Waals surface area contributed by atoms with Gasteiger partial charge in [-0.2, -0.15) is 5.10 Å². The zero-order valence-electron chi connectivity index (χ0n) is 26.6. The average Bonchev–Trinajstić information content (AvgIpc) is 3.35. The van der Waals surface area contributed by atoms with Crippen LogP contribution in [0.15, 0.2) is 36.5 Å². The molecule has 9 heteroatoms. The number of ether oxygens (including phenoxy) is 1. The molecule has 1 aliphatic heterocycles. The van der Waals surface area contributed by atoms with E-state index >= 15 is 0 Å². The van der Waals surface area contributed by atoms with E-state index < -0.39 is 11.5 Å². The number of hydrogen-bond donors (Lipinski definition) is 3. The van der Waals surface area contributed by atoms with Crippen molar-refractivity contribution in [1.82, 2.24) is 20.4 Å². The fourth-order valence-corrected chi connectivity index (χ4v) is 8.03. The third kappa shape index (κ3) is 6.17. The summed E-state index contributed by atoms with van der Waals surface area (Å²) >= 11 is 0. The van der Waals surface area contributed by atoms with Gasteiger partial charge in [-0.05, 0) is 78.5 Å². The molecule has 0 radical (unpaired) electrons. The normalized spacial score (nSPS) is 25.3. The Balaban J connectivity index is 1.25. The highest BCUT2D eigenvalue weighted by Crippen LogP contribution is 2.57. The highest BCUT2D eigenvalue weighted by Gasteiger charge is 2.53. The van der Waals surface area contributed by atoms with Crippen LogP contribution < -0.4 is 16.0 Å². The van der Waals surface area contributed by atoms with Crippen LogP contribution in [0.25, 0.3) is 0 Å². The van der Waals surface area contributed by atoms with Gasteiger partial charge in [-0.1, -0.05) is 64.5 Å². The summed E-state index contributed by atoms with van der Waals surface area (Å²) in [7, 11) is 1.74. The van der Waals surface area contributed by atoms with E-state index in [2.05, 4.69) is 34.9 Å². The standard InChI is InChI=1S/C35H49N5O4/c1-33(14-8-15-33)22-36-32(43)35(18-20-44-23-35)25-11-7-12-26(21-25)38-31(42)29(39-30(41)27-13-19-37-40(27)3)28(34(2)16-17-34)24-9-5-4-6-10-24/h7,11-13,19,21,24,28-29H,4-6,8-10,14-18,20,22-23H2,1-3H3,(H,36,43)(H,38,42)(H,39,41)/t28?,29-,35?/m0/s1. The maximum atomic E-state index is 14.3. The Bertz CT molecular complexity index is 1360. The van der Waals surface area contributed by atoms with E-state index in [-0.39, 0.29) is 34.5 Å². The number of anilines is 1. The Morgan fingerprint density at radius 3 is 2.41 bits per heavy atom. The molecule has 238 valence electrons. The van der Waals surface area contributed by atoms with E-state index in [4.69, 9.17) is 4.74 Å². The number of benzene rings is 1. The maximum absolute atomic E-state index is 14.3. The minimum Gasteiger partial charge on any atom is -0.380 e. The SMILES string of the molecule is Cn1nccc1C(=O)N[C@H](C(=O)Nc1cccc(C2(C(=O)NCC3(C)CCC3)CCOC2)c1)C(C1CCCCC1)C1(C)CC1. The van der Waals surface area contributed by atoms with E-state index in [1.807, 2.05) is 24.3 Å². The topological polar surface area (TPSA) is 114 Å². The summed E-state index contributed by atoms with van der Waals surface area (Å²) in [5, 5.41) is 13.7. The van der Waals surface area contributed by atoms with Crippen molar-refractivity contribution in [2.45, 2.75) is 95.9 Å². The van der Waals surface area contributed by atoms with Crippen molar-refractivity contribution in [3.05, 3.63) is 47.8 Å². The molecule has 6 rings (SSSR count). The van der Waals surface area contributed by atoms with E-state index in [1.165, 1.54) is 12.8 Å². The fourth-order valence-electron chi connectivity index (χ4n) is 8.03.